The van der Waals surface area contributed by atoms with Gasteiger partial charge in [-0.2, -0.15) is 8.78 Å². The van der Waals surface area contributed by atoms with E-state index in [1.54, 1.807) is 0 Å². The molecule has 4 rings (SSSR count). The zero-order chi connectivity index (χ0) is 22.2. The Hall–Kier alpha value is -2.21. The number of aryl methyl sites for hydroxylation is 1. The highest BCUT2D eigenvalue weighted by Gasteiger charge is 2.39. The molecule has 1 aliphatic carbocycles. The van der Waals surface area contributed by atoms with Gasteiger partial charge in [-0.3, -0.25) is 0 Å². The minimum atomic E-state index is -6.00. The summed E-state index contributed by atoms with van der Waals surface area (Å²) >= 11 is 0. The number of fused-ring (bicyclic) bond motifs is 1. The van der Waals surface area contributed by atoms with Crippen molar-refractivity contribution in [3.8, 4) is 5.69 Å². The molecule has 1 aromatic heterocycles. The maximum atomic E-state index is 14.0. The highest BCUT2D eigenvalue weighted by Crippen LogP contribution is 2.35. The van der Waals surface area contributed by atoms with Gasteiger partial charge in [0.15, 0.2) is 0 Å². The third kappa shape index (κ3) is 4.59. The van der Waals surface area contributed by atoms with Gasteiger partial charge in [-0.05, 0) is 25.2 Å². The van der Waals surface area contributed by atoms with Crippen LogP contribution in [0.25, 0.3) is 5.69 Å². The topological polar surface area (TPSA) is 21.7 Å². The molecule has 0 saturated heterocycles. The predicted molar refractivity (Wildman–Crippen MR) is 87.7 cm³/mol. The molecule has 0 spiro atoms. The number of hydrogen-bond acceptors (Lipinski definition) is 1. The third-order valence-electron chi connectivity index (χ3n) is 5.39. The second kappa shape index (κ2) is 8.50. The van der Waals surface area contributed by atoms with E-state index in [0.717, 1.165) is 36.8 Å². The molecule has 0 bridgehead atoms. The van der Waals surface area contributed by atoms with Crippen LogP contribution in [-0.4, -0.2) is 17.0 Å². The van der Waals surface area contributed by atoms with Gasteiger partial charge in [-0.25, -0.2) is 17.7 Å². The van der Waals surface area contributed by atoms with Crippen molar-refractivity contribution < 1.29 is 43.8 Å². The monoisotopic (exact) mass is 445 g/mol. The fourth-order valence-electron chi connectivity index (χ4n) is 4.14. The second-order valence-corrected chi connectivity index (χ2v) is 7.30. The average Bonchev–Trinajstić information content (AvgIpc) is 3.25. The van der Waals surface area contributed by atoms with Crippen LogP contribution in [0.3, 0.4) is 0 Å². The summed E-state index contributed by atoms with van der Waals surface area (Å²) in [6.07, 6.45) is 8.58. The molecule has 3 nitrogen and oxygen atoms in total. The van der Waals surface area contributed by atoms with Crippen LogP contribution in [0.2, 0.25) is 0 Å². The molecule has 0 N–H and O–H groups in total. The molecule has 1 atom stereocenters. The van der Waals surface area contributed by atoms with Crippen LogP contribution in [0, 0.1) is 35.0 Å². The molecule has 0 unspecified atom stereocenters. The van der Waals surface area contributed by atoms with Crippen LogP contribution < -0.4 is 4.57 Å². The summed E-state index contributed by atoms with van der Waals surface area (Å²) in [5.41, 5.74) is -1.03. The summed E-state index contributed by atoms with van der Waals surface area (Å²) in [6.45, 7) is 0. The maximum Gasteiger partial charge on any atom is 0.673 e. The lowest BCUT2D eigenvalue weighted by molar-refractivity contribution is -0.724. The smallest absolute Gasteiger partial charge is 0.418 e. The van der Waals surface area contributed by atoms with Crippen molar-refractivity contribution in [3.63, 3.8) is 0 Å². The molecule has 30 heavy (non-hydrogen) atoms. The van der Waals surface area contributed by atoms with Crippen molar-refractivity contribution in [2.45, 2.75) is 51.0 Å². The first-order chi connectivity index (χ1) is 14.0. The molecule has 166 valence electrons. The lowest BCUT2D eigenvalue weighted by atomic mass is 9.83. The first-order valence-corrected chi connectivity index (χ1v) is 9.37. The fraction of sp³-hybridized carbons (Fsp3) is 0.529. The van der Waals surface area contributed by atoms with Crippen LogP contribution in [0.5, 0.6) is 0 Å². The van der Waals surface area contributed by atoms with Crippen LogP contribution in [0.1, 0.15) is 50.4 Å². The first kappa shape index (κ1) is 22.5. The van der Waals surface area contributed by atoms with Gasteiger partial charge in [-0.15, -0.1) is 0 Å². The number of hydrogen-bond donors (Lipinski definition) is 0. The molecular weight excluding hydrogens is 428 g/mol. The Kier molecular flexibility index (Phi) is 6.37. The summed E-state index contributed by atoms with van der Waals surface area (Å²) < 4.78 is 110. The van der Waals surface area contributed by atoms with Gasteiger partial charge in [0.05, 0.1) is 6.04 Å². The summed E-state index contributed by atoms with van der Waals surface area (Å²) in [6, 6.07) is 0.172. The van der Waals surface area contributed by atoms with Crippen molar-refractivity contribution in [2.24, 2.45) is 5.92 Å². The first-order valence-electron chi connectivity index (χ1n) is 9.37. The van der Waals surface area contributed by atoms with Crippen molar-refractivity contribution in [1.29, 1.82) is 0 Å². The van der Waals surface area contributed by atoms with E-state index in [2.05, 4.69) is 5.10 Å². The molecule has 1 aliphatic heterocycles. The number of halogens is 9. The Labute approximate surface area is 165 Å². The van der Waals surface area contributed by atoms with Gasteiger partial charge in [-0.1, -0.05) is 23.9 Å². The molecule has 2 aliphatic rings. The minimum absolute atomic E-state index is 0.172. The molecule has 1 fully saturated rings. The van der Waals surface area contributed by atoms with E-state index in [-0.39, 0.29) is 6.04 Å². The summed E-state index contributed by atoms with van der Waals surface area (Å²) in [5.74, 6) is -8.74. The second-order valence-electron chi connectivity index (χ2n) is 7.30. The molecular formula is C17H17BF9N3. The van der Waals surface area contributed by atoms with Gasteiger partial charge >= 0.3 is 7.25 Å². The van der Waals surface area contributed by atoms with Crippen molar-refractivity contribution in [3.05, 3.63) is 41.2 Å². The molecule has 0 amide bonds. The number of benzene rings is 1. The van der Waals surface area contributed by atoms with Gasteiger partial charge in [0.1, 0.15) is 0 Å². The highest BCUT2D eigenvalue weighted by molar-refractivity contribution is 6.50. The van der Waals surface area contributed by atoms with E-state index in [4.69, 9.17) is 0 Å². The normalized spacial score (nSPS) is 19.4. The van der Waals surface area contributed by atoms with E-state index in [0.29, 0.717) is 18.2 Å². The zero-order valence-corrected chi connectivity index (χ0v) is 15.5. The van der Waals surface area contributed by atoms with Gasteiger partial charge in [0.25, 0.3) is 5.82 Å². The van der Waals surface area contributed by atoms with Crippen LogP contribution in [0.4, 0.5) is 39.2 Å². The van der Waals surface area contributed by atoms with Crippen LogP contribution >= 0.6 is 0 Å². The standard InChI is InChI=1S/C17H17F5N3.BF4/c18-12-13(19)15(21)17(16(22)14(12)20)25-8-24-10(6-7-11(24)23-25)9-4-2-1-3-5-9;2-1(3,4)5/h8-10H,1-7H2;/q+1;-1/t10-;/m1./s1. The largest absolute Gasteiger partial charge is 0.673 e. The van der Waals surface area contributed by atoms with Gasteiger partial charge in [0, 0.05) is 11.5 Å². The van der Waals surface area contributed by atoms with Gasteiger partial charge < -0.3 is 17.3 Å². The molecule has 2 heterocycles. The molecule has 13 heteroatoms. The summed E-state index contributed by atoms with van der Waals surface area (Å²) in [4.78, 5) is 0. The third-order valence-corrected chi connectivity index (χ3v) is 5.39. The van der Waals surface area contributed by atoms with E-state index in [1.807, 2.05) is 4.57 Å². The predicted octanol–water partition coefficient (Wildman–Crippen LogP) is 5.22. The summed E-state index contributed by atoms with van der Waals surface area (Å²) in [5, 5.41) is 4.08. The van der Waals surface area contributed by atoms with Crippen molar-refractivity contribution >= 4 is 7.25 Å². The number of aromatic nitrogens is 3. The number of nitrogens with zero attached hydrogens (tertiary/aromatic N) is 3. The Morgan fingerprint density at radius 2 is 1.30 bits per heavy atom. The fourth-order valence-corrected chi connectivity index (χ4v) is 4.14. The van der Waals surface area contributed by atoms with Gasteiger partial charge in [0.2, 0.25) is 41.1 Å². The van der Waals surface area contributed by atoms with E-state index in [1.165, 1.54) is 12.7 Å². The van der Waals surface area contributed by atoms with E-state index >= 15 is 0 Å². The van der Waals surface area contributed by atoms with Crippen LogP contribution in [-0.2, 0) is 6.42 Å². The van der Waals surface area contributed by atoms with Crippen molar-refractivity contribution in [1.82, 2.24) is 9.78 Å². The lowest BCUT2D eigenvalue weighted by Crippen LogP contribution is -2.41. The summed E-state index contributed by atoms with van der Waals surface area (Å²) in [7, 11) is -6.00. The Morgan fingerprint density at radius 1 is 0.800 bits per heavy atom. The Balaban J connectivity index is 0.000000461. The molecule has 0 radical (unpaired) electrons. The van der Waals surface area contributed by atoms with E-state index in [9.17, 15) is 39.2 Å². The maximum absolute atomic E-state index is 14.0. The van der Waals surface area contributed by atoms with E-state index < -0.39 is 42.0 Å². The van der Waals surface area contributed by atoms with Crippen molar-refractivity contribution in [2.75, 3.05) is 0 Å². The zero-order valence-electron chi connectivity index (χ0n) is 15.5. The molecule has 1 saturated carbocycles. The van der Waals surface area contributed by atoms with Crippen LogP contribution in [0.15, 0.2) is 6.33 Å². The Morgan fingerprint density at radius 3 is 1.83 bits per heavy atom. The number of rotatable bonds is 2. The molecule has 1 aromatic carbocycles. The SMILES string of the molecule is F[B-](F)(F)F.Fc1c(F)c(F)c(-n2c[n+]3c(n2)CC[C@@H]3C2CCCCC2)c(F)c1F. The Bertz CT molecular complexity index is 887. The highest BCUT2D eigenvalue weighted by atomic mass is 19.5. The lowest BCUT2D eigenvalue weighted by Gasteiger charge is -2.26. The molecule has 2 aromatic rings. The average molecular weight is 445 g/mol. The minimum Gasteiger partial charge on any atom is -0.418 e. The quantitative estimate of drug-likeness (QED) is 0.204.